The summed E-state index contributed by atoms with van der Waals surface area (Å²) in [6.45, 7) is 4.51. The highest BCUT2D eigenvalue weighted by atomic mass is 79.9. The number of rotatable bonds is 7. The van der Waals surface area contributed by atoms with Crippen molar-refractivity contribution in [1.29, 1.82) is 0 Å². The van der Waals surface area contributed by atoms with Gasteiger partial charge < -0.3 is 5.32 Å². The van der Waals surface area contributed by atoms with Crippen LogP contribution in [0.2, 0.25) is 0 Å². The van der Waals surface area contributed by atoms with Gasteiger partial charge in [0.25, 0.3) is 5.91 Å². The van der Waals surface area contributed by atoms with Gasteiger partial charge in [-0.3, -0.25) is 4.79 Å². The molecule has 0 aliphatic rings. The maximum atomic E-state index is 11.9. The lowest BCUT2D eigenvalue weighted by Gasteiger charge is -2.23. The molecule has 0 atom stereocenters. The summed E-state index contributed by atoms with van der Waals surface area (Å²) in [5.74, 6) is -0.155. The van der Waals surface area contributed by atoms with Gasteiger partial charge in [-0.15, -0.1) is 0 Å². The third-order valence-corrected chi connectivity index (χ3v) is 4.93. The van der Waals surface area contributed by atoms with Crippen molar-refractivity contribution in [2.24, 2.45) is 0 Å². The van der Waals surface area contributed by atoms with E-state index in [-0.39, 0.29) is 11.9 Å². The van der Waals surface area contributed by atoms with E-state index in [9.17, 15) is 13.2 Å². The van der Waals surface area contributed by atoms with Gasteiger partial charge in [-0.1, -0.05) is 15.9 Å². The van der Waals surface area contributed by atoms with Crippen LogP contribution >= 0.6 is 15.9 Å². The van der Waals surface area contributed by atoms with Crippen molar-refractivity contribution in [2.45, 2.75) is 26.3 Å². The van der Waals surface area contributed by atoms with Crippen LogP contribution < -0.4 is 5.32 Å². The summed E-state index contributed by atoms with van der Waals surface area (Å²) in [6, 6.07) is 6.99. The first-order valence-corrected chi connectivity index (χ1v) is 9.36. The molecule has 0 aromatic heterocycles. The van der Waals surface area contributed by atoms with Gasteiger partial charge in [-0.05, 0) is 44.5 Å². The van der Waals surface area contributed by atoms with Crippen LogP contribution in [0, 0.1) is 0 Å². The van der Waals surface area contributed by atoms with Gasteiger partial charge in [0.1, 0.15) is 0 Å². The van der Waals surface area contributed by atoms with Crippen molar-refractivity contribution in [3.8, 4) is 0 Å². The molecule has 7 heteroatoms. The standard InChI is InChI=1S/C14H21BrN2O3S/c1-11(2)17(21(3,19)20)10-4-9-16-14(18)12-5-7-13(15)8-6-12/h5-8,11H,4,9-10H2,1-3H3,(H,16,18). The van der Waals surface area contributed by atoms with E-state index in [4.69, 9.17) is 0 Å². The minimum atomic E-state index is -3.21. The van der Waals surface area contributed by atoms with Crippen LogP contribution in [0.3, 0.4) is 0 Å². The van der Waals surface area contributed by atoms with Crippen LogP contribution in [0.15, 0.2) is 28.7 Å². The number of nitrogens with zero attached hydrogens (tertiary/aromatic N) is 1. The SMILES string of the molecule is CC(C)N(CCCNC(=O)c1ccc(Br)cc1)S(C)(=O)=O. The van der Waals surface area contributed by atoms with Gasteiger partial charge in [0.2, 0.25) is 10.0 Å². The van der Waals surface area contributed by atoms with Crippen LogP contribution in [0.1, 0.15) is 30.6 Å². The van der Waals surface area contributed by atoms with Crippen molar-refractivity contribution in [3.63, 3.8) is 0 Å². The van der Waals surface area contributed by atoms with Crippen LogP contribution in [0.5, 0.6) is 0 Å². The molecule has 0 bridgehead atoms. The van der Waals surface area contributed by atoms with E-state index in [0.717, 1.165) is 4.47 Å². The molecule has 0 unspecified atom stereocenters. The molecular formula is C14H21BrN2O3S. The number of hydrogen-bond acceptors (Lipinski definition) is 3. The average Bonchev–Trinajstić information content (AvgIpc) is 2.37. The number of carbonyl (C=O) groups excluding carboxylic acids is 1. The molecule has 0 spiro atoms. The fraction of sp³-hybridized carbons (Fsp3) is 0.500. The van der Waals surface area contributed by atoms with Gasteiger partial charge in [0, 0.05) is 29.2 Å². The predicted molar refractivity (Wildman–Crippen MR) is 87.8 cm³/mol. The highest BCUT2D eigenvalue weighted by Crippen LogP contribution is 2.10. The first-order chi connectivity index (χ1) is 9.71. The molecule has 0 saturated heterocycles. The summed E-state index contributed by atoms with van der Waals surface area (Å²) in [7, 11) is -3.21. The monoisotopic (exact) mass is 376 g/mol. The summed E-state index contributed by atoms with van der Waals surface area (Å²) < 4.78 is 25.5. The fourth-order valence-corrected chi connectivity index (χ4v) is 3.44. The van der Waals surface area contributed by atoms with Crippen molar-refractivity contribution in [1.82, 2.24) is 9.62 Å². The Kier molecular flexibility index (Phi) is 6.83. The molecule has 1 amide bonds. The Bertz CT molecular complexity index is 570. The van der Waals surface area contributed by atoms with Gasteiger partial charge in [0.15, 0.2) is 0 Å². The Hall–Kier alpha value is -0.920. The number of sulfonamides is 1. The number of hydrogen-bond donors (Lipinski definition) is 1. The van der Waals surface area contributed by atoms with Crippen LogP contribution in [0.25, 0.3) is 0 Å². The normalized spacial score (nSPS) is 11.9. The van der Waals surface area contributed by atoms with Crippen molar-refractivity contribution in [3.05, 3.63) is 34.3 Å². The Morgan fingerprint density at radius 1 is 1.29 bits per heavy atom. The van der Waals surface area contributed by atoms with Crippen molar-refractivity contribution < 1.29 is 13.2 Å². The maximum Gasteiger partial charge on any atom is 0.251 e. The molecule has 0 radical (unpaired) electrons. The van der Waals surface area contributed by atoms with E-state index in [1.165, 1.54) is 10.6 Å². The molecule has 0 aliphatic heterocycles. The van der Waals surface area contributed by atoms with Crippen LogP contribution in [-0.4, -0.2) is 44.0 Å². The highest BCUT2D eigenvalue weighted by Gasteiger charge is 2.19. The number of amides is 1. The Labute approximate surface area is 134 Å². The first kappa shape index (κ1) is 18.1. The van der Waals surface area contributed by atoms with E-state index in [0.29, 0.717) is 25.1 Å². The summed E-state index contributed by atoms with van der Waals surface area (Å²) >= 11 is 3.31. The molecule has 0 saturated carbocycles. The number of halogens is 1. The minimum absolute atomic E-state index is 0.0813. The predicted octanol–water partition coefficient (Wildman–Crippen LogP) is 2.24. The third-order valence-electron chi connectivity index (χ3n) is 2.95. The summed E-state index contributed by atoms with van der Waals surface area (Å²) in [4.78, 5) is 11.9. The smallest absolute Gasteiger partial charge is 0.251 e. The third kappa shape index (κ3) is 6.15. The van der Waals surface area contributed by atoms with E-state index in [1.54, 1.807) is 24.3 Å². The van der Waals surface area contributed by atoms with Crippen molar-refractivity contribution in [2.75, 3.05) is 19.3 Å². The Balaban J connectivity index is 2.43. The van der Waals surface area contributed by atoms with Crippen LogP contribution in [0.4, 0.5) is 0 Å². The quantitative estimate of drug-likeness (QED) is 0.742. The lowest BCUT2D eigenvalue weighted by Crippen LogP contribution is -2.38. The van der Waals surface area contributed by atoms with Crippen LogP contribution in [-0.2, 0) is 10.0 Å². The first-order valence-electron chi connectivity index (χ1n) is 6.72. The molecule has 21 heavy (non-hydrogen) atoms. The zero-order chi connectivity index (χ0) is 16.0. The molecule has 118 valence electrons. The second-order valence-corrected chi connectivity index (χ2v) is 7.93. The largest absolute Gasteiger partial charge is 0.352 e. The Morgan fingerprint density at radius 3 is 2.33 bits per heavy atom. The average molecular weight is 377 g/mol. The maximum absolute atomic E-state index is 11.9. The van der Waals surface area contributed by atoms with Gasteiger partial charge >= 0.3 is 0 Å². The van der Waals surface area contributed by atoms with Gasteiger partial charge in [-0.2, -0.15) is 4.31 Å². The summed E-state index contributed by atoms with van der Waals surface area (Å²) in [6.07, 6.45) is 1.78. The number of carbonyl (C=O) groups is 1. The fourth-order valence-electron chi connectivity index (χ4n) is 1.95. The molecule has 0 heterocycles. The molecule has 1 rings (SSSR count). The molecule has 1 N–H and O–H groups in total. The minimum Gasteiger partial charge on any atom is -0.352 e. The second kappa shape index (κ2) is 7.91. The Morgan fingerprint density at radius 2 is 1.86 bits per heavy atom. The zero-order valence-electron chi connectivity index (χ0n) is 12.5. The van der Waals surface area contributed by atoms with E-state index in [1.807, 2.05) is 13.8 Å². The van der Waals surface area contributed by atoms with Gasteiger partial charge in [-0.25, -0.2) is 8.42 Å². The van der Waals surface area contributed by atoms with Crippen molar-refractivity contribution >= 4 is 31.9 Å². The zero-order valence-corrected chi connectivity index (χ0v) is 14.9. The molecule has 1 aromatic carbocycles. The molecule has 1 aromatic rings. The lowest BCUT2D eigenvalue weighted by atomic mass is 10.2. The van der Waals surface area contributed by atoms with E-state index >= 15 is 0 Å². The summed E-state index contributed by atoms with van der Waals surface area (Å²) in [5, 5.41) is 2.79. The lowest BCUT2D eigenvalue weighted by molar-refractivity contribution is 0.0952. The summed E-state index contributed by atoms with van der Waals surface area (Å²) in [5.41, 5.74) is 0.585. The topological polar surface area (TPSA) is 66.5 Å². The molecule has 5 nitrogen and oxygen atoms in total. The van der Waals surface area contributed by atoms with E-state index < -0.39 is 10.0 Å². The second-order valence-electron chi connectivity index (χ2n) is 5.08. The molecular weight excluding hydrogens is 356 g/mol. The van der Waals surface area contributed by atoms with E-state index in [2.05, 4.69) is 21.2 Å². The molecule has 0 aliphatic carbocycles. The highest BCUT2D eigenvalue weighted by molar-refractivity contribution is 9.10. The molecule has 0 fully saturated rings. The van der Waals surface area contributed by atoms with Gasteiger partial charge in [0.05, 0.1) is 6.26 Å². The number of benzene rings is 1. The number of nitrogens with one attached hydrogen (secondary N) is 1.